The van der Waals surface area contributed by atoms with Crippen LogP contribution >= 0.6 is 0 Å². The molecule has 4 rings (SSSR count). The van der Waals surface area contributed by atoms with Gasteiger partial charge in [-0.15, -0.1) is 0 Å². The van der Waals surface area contributed by atoms with E-state index < -0.39 is 0 Å². The Bertz CT molecular complexity index is 963. The summed E-state index contributed by atoms with van der Waals surface area (Å²) in [5, 5.41) is 10.3. The molecule has 1 aliphatic heterocycles. The van der Waals surface area contributed by atoms with Crippen LogP contribution in [0.3, 0.4) is 0 Å². The molecule has 5 nitrogen and oxygen atoms in total. The summed E-state index contributed by atoms with van der Waals surface area (Å²) in [6, 6.07) is 19.1. The van der Waals surface area contributed by atoms with Crippen LogP contribution in [-0.2, 0) is 0 Å². The minimum absolute atomic E-state index is 0.171. The number of nitrogens with zero attached hydrogens (tertiary/aromatic N) is 3. The van der Waals surface area contributed by atoms with Crippen LogP contribution in [-0.4, -0.2) is 23.1 Å². The van der Waals surface area contributed by atoms with E-state index >= 15 is 0 Å². The van der Waals surface area contributed by atoms with Gasteiger partial charge < -0.3 is 5.32 Å². The fourth-order valence-corrected chi connectivity index (χ4v) is 2.87. The van der Waals surface area contributed by atoms with E-state index in [1.807, 2.05) is 72.6 Å². The van der Waals surface area contributed by atoms with E-state index in [0.29, 0.717) is 11.4 Å². The number of rotatable bonds is 3. The van der Waals surface area contributed by atoms with Crippen molar-refractivity contribution in [3.8, 4) is 0 Å². The van der Waals surface area contributed by atoms with E-state index in [1.165, 1.54) is 0 Å². The lowest BCUT2D eigenvalue weighted by molar-refractivity contribution is 0.102. The molecule has 25 heavy (non-hydrogen) atoms. The number of aromatic nitrogens is 1. The maximum Gasteiger partial charge on any atom is 0.256 e. The average Bonchev–Trinajstić information content (AvgIpc) is 3.08. The maximum atomic E-state index is 12.4. The fraction of sp³-hybridized carbons (Fsp3) is 0.150. The first-order valence-corrected chi connectivity index (χ1v) is 8.28. The van der Waals surface area contributed by atoms with Crippen LogP contribution in [0.15, 0.2) is 65.8 Å². The number of para-hydroxylation sites is 1. The first-order valence-electron chi connectivity index (χ1n) is 8.28. The van der Waals surface area contributed by atoms with E-state index in [9.17, 15) is 4.79 Å². The minimum Gasteiger partial charge on any atom is -0.307 e. The Morgan fingerprint density at radius 3 is 2.60 bits per heavy atom. The summed E-state index contributed by atoms with van der Waals surface area (Å²) in [4.78, 5) is 16.9. The first-order chi connectivity index (χ1) is 12.2. The van der Waals surface area contributed by atoms with Gasteiger partial charge in [0.15, 0.2) is 0 Å². The molecule has 2 aromatic carbocycles. The number of hydrogen-bond donors (Lipinski definition) is 1. The largest absolute Gasteiger partial charge is 0.307 e. The maximum absolute atomic E-state index is 12.4. The highest BCUT2D eigenvalue weighted by Crippen LogP contribution is 2.20. The molecule has 0 radical (unpaired) electrons. The predicted molar refractivity (Wildman–Crippen MR) is 101 cm³/mol. The molecule has 0 unspecified atom stereocenters. The lowest BCUT2D eigenvalue weighted by atomic mass is 10.2. The van der Waals surface area contributed by atoms with Gasteiger partial charge in [-0.05, 0) is 49.4 Å². The Kier molecular flexibility index (Phi) is 3.90. The third-order valence-corrected chi connectivity index (χ3v) is 4.24. The number of hydrogen-bond acceptors (Lipinski definition) is 4. The summed E-state index contributed by atoms with van der Waals surface area (Å²) in [5.41, 5.74) is 3.58. The van der Waals surface area contributed by atoms with Gasteiger partial charge in [0.2, 0.25) is 0 Å². The molecule has 5 heteroatoms. The van der Waals surface area contributed by atoms with E-state index in [-0.39, 0.29) is 5.91 Å². The number of hydrazone groups is 1. The molecule has 1 N–H and O–H groups in total. The molecule has 0 fully saturated rings. The number of amides is 1. The number of benzene rings is 2. The second kappa shape index (κ2) is 6.36. The molecule has 0 aliphatic carbocycles. The molecular weight excluding hydrogens is 312 g/mol. The first kappa shape index (κ1) is 15.3. The van der Waals surface area contributed by atoms with E-state index in [4.69, 9.17) is 0 Å². The highest BCUT2D eigenvalue weighted by Gasteiger charge is 2.14. The van der Waals surface area contributed by atoms with Crippen LogP contribution in [0.4, 0.5) is 11.5 Å². The van der Waals surface area contributed by atoms with Crippen LogP contribution in [0.2, 0.25) is 0 Å². The monoisotopic (exact) mass is 330 g/mol. The van der Waals surface area contributed by atoms with Gasteiger partial charge in [0.1, 0.15) is 5.82 Å². The van der Waals surface area contributed by atoms with Crippen LogP contribution in [0.5, 0.6) is 0 Å². The van der Waals surface area contributed by atoms with Gasteiger partial charge in [0.05, 0.1) is 11.2 Å². The second-order valence-corrected chi connectivity index (χ2v) is 6.10. The van der Waals surface area contributed by atoms with Crippen LogP contribution in [0, 0.1) is 0 Å². The molecule has 1 aliphatic rings. The van der Waals surface area contributed by atoms with Crippen molar-refractivity contribution in [2.24, 2.45) is 5.10 Å². The highest BCUT2D eigenvalue weighted by molar-refractivity contribution is 6.04. The fourth-order valence-electron chi connectivity index (χ4n) is 2.87. The van der Waals surface area contributed by atoms with E-state index in [0.717, 1.165) is 35.3 Å². The van der Waals surface area contributed by atoms with Crippen molar-refractivity contribution in [2.75, 3.05) is 16.9 Å². The number of anilines is 2. The summed E-state index contributed by atoms with van der Waals surface area (Å²) in [6.45, 7) is 2.91. The average molecular weight is 330 g/mol. The summed E-state index contributed by atoms with van der Waals surface area (Å²) in [5.74, 6) is 0.378. The Morgan fingerprint density at radius 1 is 1.04 bits per heavy atom. The van der Waals surface area contributed by atoms with Crippen molar-refractivity contribution < 1.29 is 4.79 Å². The van der Waals surface area contributed by atoms with Crippen molar-refractivity contribution in [2.45, 2.75) is 13.3 Å². The quantitative estimate of drug-likeness (QED) is 0.787. The molecule has 1 aromatic heterocycles. The predicted octanol–water partition coefficient (Wildman–Crippen LogP) is 4.07. The summed E-state index contributed by atoms with van der Waals surface area (Å²) >= 11 is 0. The van der Waals surface area contributed by atoms with Crippen molar-refractivity contribution in [1.29, 1.82) is 0 Å². The third-order valence-electron chi connectivity index (χ3n) is 4.24. The molecule has 0 spiro atoms. The SMILES string of the molecule is CC1=NN(c2ccc(C(=O)Nc3ccc4ccccc4n3)cc2)CC1. The van der Waals surface area contributed by atoms with Crippen LogP contribution < -0.4 is 10.3 Å². The van der Waals surface area contributed by atoms with Gasteiger partial charge >= 0.3 is 0 Å². The normalized spacial score (nSPS) is 13.8. The molecular formula is C20H18N4O. The molecule has 2 heterocycles. The zero-order chi connectivity index (χ0) is 17.2. The molecule has 0 bridgehead atoms. The lowest BCUT2D eigenvalue weighted by Gasteiger charge is -2.14. The van der Waals surface area contributed by atoms with Gasteiger partial charge in [-0.3, -0.25) is 9.80 Å². The van der Waals surface area contributed by atoms with Crippen molar-refractivity contribution in [1.82, 2.24) is 4.98 Å². The van der Waals surface area contributed by atoms with Crippen molar-refractivity contribution in [3.05, 3.63) is 66.2 Å². The Morgan fingerprint density at radius 2 is 1.84 bits per heavy atom. The molecule has 0 saturated carbocycles. The topological polar surface area (TPSA) is 57.6 Å². The van der Waals surface area contributed by atoms with Gasteiger partial charge in [0, 0.05) is 29.6 Å². The standard InChI is InChI=1S/C20H18N4O/c1-14-12-13-24(23-14)17-9-6-16(7-10-17)20(25)22-19-11-8-15-4-2-3-5-18(15)21-19/h2-11H,12-13H2,1H3,(H,21,22,25). The second-order valence-electron chi connectivity index (χ2n) is 6.10. The molecule has 0 atom stereocenters. The molecule has 0 saturated heterocycles. The van der Waals surface area contributed by atoms with Crippen molar-refractivity contribution >= 4 is 34.0 Å². The number of fused-ring (bicyclic) bond motifs is 1. The summed E-state index contributed by atoms with van der Waals surface area (Å²) < 4.78 is 0. The Hall–Kier alpha value is -3.21. The molecule has 3 aromatic rings. The lowest BCUT2D eigenvalue weighted by Crippen LogP contribution is -2.14. The van der Waals surface area contributed by atoms with Crippen LogP contribution in [0.1, 0.15) is 23.7 Å². The van der Waals surface area contributed by atoms with Gasteiger partial charge in [-0.1, -0.05) is 18.2 Å². The zero-order valence-electron chi connectivity index (χ0n) is 13.9. The van der Waals surface area contributed by atoms with E-state index in [2.05, 4.69) is 15.4 Å². The molecule has 1 amide bonds. The number of nitrogens with one attached hydrogen (secondary N) is 1. The number of pyridine rings is 1. The van der Waals surface area contributed by atoms with Crippen molar-refractivity contribution in [3.63, 3.8) is 0 Å². The molecule has 124 valence electrons. The summed E-state index contributed by atoms with van der Waals surface area (Å²) in [6.07, 6.45) is 0.982. The number of carbonyl (C=O) groups excluding carboxylic acids is 1. The highest BCUT2D eigenvalue weighted by atomic mass is 16.1. The van der Waals surface area contributed by atoms with Gasteiger partial charge in [-0.2, -0.15) is 5.10 Å². The minimum atomic E-state index is -0.171. The van der Waals surface area contributed by atoms with Crippen LogP contribution in [0.25, 0.3) is 10.9 Å². The number of carbonyl (C=O) groups is 1. The smallest absolute Gasteiger partial charge is 0.256 e. The van der Waals surface area contributed by atoms with Gasteiger partial charge in [0.25, 0.3) is 5.91 Å². The zero-order valence-corrected chi connectivity index (χ0v) is 13.9. The Labute approximate surface area is 146 Å². The van der Waals surface area contributed by atoms with E-state index in [1.54, 1.807) is 0 Å². The Balaban J connectivity index is 1.50. The summed E-state index contributed by atoms with van der Waals surface area (Å²) in [7, 11) is 0. The van der Waals surface area contributed by atoms with Gasteiger partial charge in [-0.25, -0.2) is 4.98 Å². The third kappa shape index (κ3) is 3.21.